The Morgan fingerprint density at radius 2 is 1.88 bits per heavy atom. The molecule has 0 bridgehead atoms. The summed E-state index contributed by atoms with van der Waals surface area (Å²) in [5.74, 6) is 0. The van der Waals surface area contributed by atoms with Gasteiger partial charge in [0.15, 0.2) is 0 Å². The summed E-state index contributed by atoms with van der Waals surface area (Å²) in [5.41, 5.74) is -0.0578. The van der Waals surface area contributed by atoms with Crippen molar-refractivity contribution in [1.82, 2.24) is 4.72 Å². The molecule has 0 aromatic carbocycles. The van der Waals surface area contributed by atoms with Crippen LogP contribution in [0.1, 0.15) is 38.5 Å². The van der Waals surface area contributed by atoms with Crippen LogP contribution in [-0.4, -0.2) is 27.8 Å². The quantitative estimate of drug-likeness (QED) is 0.726. The number of nitrogens with zero attached hydrogens (tertiary/aromatic N) is 1. The number of sulfonamides is 1. The molecule has 1 saturated carbocycles. The second-order valence-corrected chi connectivity index (χ2v) is 6.60. The minimum absolute atomic E-state index is 0.0578. The Morgan fingerprint density at radius 3 is 2.38 bits per heavy atom. The van der Waals surface area contributed by atoms with Gasteiger partial charge in [-0.15, -0.1) is 0 Å². The van der Waals surface area contributed by atoms with Gasteiger partial charge >= 0.3 is 0 Å². The third-order valence-electron chi connectivity index (χ3n) is 3.33. The van der Waals surface area contributed by atoms with Crippen molar-refractivity contribution in [3.05, 3.63) is 4.91 Å². The molecule has 0 atom stereocenters. The summed E-state index contributed by atoms with van der Waals surface area (Å²) in [4.78, 5) is 10.4. The van der Waals surface area contributed by atoms with E-state index in [1.54, 1.807) is 0 Å². The van der Waals surface area contributed by atoms with Crippen LogP contribution in [0.2, 0.25) is 0 Å². The van der Waals surface area contributed by atoms with E-state index in [1.165, 1.54) is 6.42 Å². The van der Waals surface area contributed by atoms with Gasteiger partial charge in [0.2, 0.25) is 10.0 Å². The highest BCUT2D eigenvalue weighted by Crippen LogP contribution is 2.39. The maximum atomic E-state index is 10.9. The zero-order chi connectivity index (χ0) is 12.1. The lowest BCUT2D eigenvalue weighted by Crippen LogP contribution is -2.33. The highest BCUT2D eigenvalue weighted by molar-refractivity contribution is 7.88. The third kappa shape index (κ3) is 4.57. The van der Waals surface area contributed by atoms with Crippen LogP contribution in [0.25, 0.3) is 0 Å². The van der Waals surface area contributed by atoms with E-state index in [2.05, 4.69) is 9.90 Å². The average Bonchev–Trinajstić information content (AvgIpc) is 2.17. The highest BCUT2D eigenvalue weighted by atomic mass is 32.2. The molecule has 1 fully saturated rings. The molecule has 0 unspecified atom stereocenters. The first-order valence-corrected chi connectivity index (χ1v) is 7.60. The number of hydrogen-bond donors (Lipinski definition) is 1. The van der Waals surface area contributed by atoms with Gasteiger partial charge in [-0.25, -0.2) is 13.1 Å². The normalized spacial score (nSPS) is 20.6. The third-order valence-corrected chi connectivity index (χ3v) is 4.06. The van der Waals surface area contributed by atoms with Crippen LogP contribution in [0.4, 0.5) is 0 Å². The van der Waals surface area contributed by atoms with E-state index in [-0.39, 0.29) is 5.41 Å². The Balaban J connectivity index is 2.47. The van der Waals surface area contributed by atoms with E-state index >= 15 is 0 Å². The lowest BCUT2D eigenvalue weighted by Gasteiger charge is -2.35. The van der Waals surface area contributed by atoms with Crippen molar-refractivity contribution in [3.8, 4) is 0 Å². The topological polar surface area (TPSA) is 75.6 Å². The standard InChI is InChI=1S/C10H20N2O3S/c1-16(14,15)12-8-7-10(9-11-13)5-3-2-4-6-10/h12H,2-9H2,1H3. The van der Waals surface area contributed by atoms with E-state index in [4.69, 9.17) is 0 Å². The molecule has 0 amide bonds. The Morgan fingerprint density at radius 1 is 1.25 bits per heavy atom. The van der Waals surface area contributed by atoms with Crippen LogP contribution in [0.5, 0.6) is 0 Å². The fourth-order valence-corrected chi connectivity index (χ4v) is 2.90. The lowest BCUT2D eigenvalue weighted by atomic mass is 9.72. The van der Waals surface area contributed by atoms with E-state index in [0.717, 1.165) is 31.9 Å². The summed E-state index contributed by atoms with van der Waals surface area (Å²) in [7, 11) is -3.13. The van der Waals surface area contributed by atoms with Crippen molar-refractivity contribution in [2.45, 2.75) is 38.5 Å². The molecule has 1 N–H and O–H groups in total. The van der Waals surface area contributed by atoms with Gasteiger partial charge in [0.25, 0.3) is 0 Å². The fourth-order valence-electron chi connectivity index (χ4n) is 2.43. The van der Waals surface area contributed by atoms with Crippen molar-refractivity contribution >= 4 is 10.0 Å². The molecule has 0 aromatic heterocycles. The molecule has 0 aliphatic heterocycles. The molecule has 0 heterocycles. The number of nitroso groups, excluding NO2 is 1. The van der Waals surface area contributed by atoms with Gasteiger partial charge < -0.3 is 0 Å². The number of hydrogen-bond acceptors (Lipinski definition) is 4. The van der Waals surface area contributed by atoms with Crippen molar-refractivity contribution < 1.29 is 8.42 Å². The first kappa shape index (κ1) is 13.6. The first-order valence-electron chi connectivity index (χ1n) is 5.71. The fraction of sp³-hybridized carbons (Fsp3) is 1.00. The van der Waals surface area contributed by atoms with Crippen LogP contribution in [-0.2, 0) is 10.0 Å². The molecule has 94 valence electrons. The molecule has 1 aliphatic rings. The molecular weight excluding hydrogens is 228 g/mol. The molecule has 16 heavy (non-hydrogen) atoms. The molecule has 6 heteroatoms. The van der Waals surface area contributed by atoms with Gasteiger partial charge in [0, 0.05) is 6.54 Å². The van der Waals surface area contributed by atoms with Crippen molar-refractivity contribution in [2.75, 3.05) is 19.3 Å². The zero-order valence-corrected chi connectivity index (χ0v) is 10.6. The van der Waals surface area contributed by atoms with E-state index < -0.39 is 10.0 Å². The lowest BCUT2D eigenvalue weighted by molar-refractivity contribution is 0.184. The van der Waals surface area contributed by atoms with Gasteiger partial charge in [0.05, 0.1) is 12.8 Å². The Labute approximate surface area is 97.0 Å². The molecule has 1 aliphatic carbocycles. The second kappa shape index (κ2) is 5.72. The largest absolute Gasteiger partial charge is 0.215 e. The minimum Gasteiger partial charge on any atom is -0.215 e. The molecule has 0 aromatic rings. The monoisotopic (exact) mass is 248 g/mol. The Kier molecular flexibility index (Phi) is 4.86. The average molecular weight is 248 g/mol. The van der Waals surface area contributed by atoms with Crippen molar-refractivity contribution in [3.63, 3.8) is 0 Å². The van der Waals surface area contributed by atoms with Crippen LogP contribution in [0, 0.1) is 10.3 Å². The number of rotatable bonds is 6. The van der Waals surface area contributed by atoms with Gasteiger partial charge in [-0.1, -0.05) is 24.4 Å². The Hall–Kier alpha value is -0.490. The summed E-state index contributed by atoms with van der Waals surface area (Å²) >= 11 is 0. The van der Waals surface area contributed by atoms with Gasteiger partial charge in [-0.3, -0.25) is 0 Å². The molecular formula is C10H20N2O3S. The SMILES string of the molecule is CS(=O)(=O)NCCC1(CN=O)CCCCC1. The molecule has 0 radical (unpaired) electrons. The molecule has 0 spiro atoms. The van der Waals surface area contributed by atoms with Crippen molar-refractivity contribution in [2.24, 2.45) is 10.6 Å². The summed E-state index contributed by atoms with van der Waals surface area (Å²) < 4.78 is 24.4. The van der Waals surface area contributed by atoms with Gasteiger partial charge in [-0.2, -0.15) is 4.91 Å². The maximum absolute atomic E-state index is 10.9. The highest BCUT2D eigenvalue weighted by Gasteiger charge is 2.32. The summed E-state index contributed by atoms with van der Waals surface area (Å²) in [6.45, 7) is 0.729. The number of nitrogens with one attached hydrogen (secondary N) is 1. The molecule has 5 nitrogen and oxygen atoms in total. The van der Waals surface area contributed by atoms with Crippen molar-refractivity contribution in [1.29, 1.82) is 0 Å². The zero-order valence-electron chi connectivity index (χ0n) is 9.74. The molecule has 0 saturated heterocycles. The predicted molar refractivity (Wildman–Crippen MR) is 63.6 cm³/mol. The van der Waals surface area contributed by atoms with E-state index in [0.29, 0.717) is 19.5 Å². The Bertz CT molecular complexity index is 321. The van der Waals surface area contributed by atoms with Gasteiger partial charge in [-0.05, 0) is 24.7 Å². The first-order chi connectivity index (χ1) is 7.47. The predicted octanol–water partition coefficient (Wildman–Crippen LogP) is 1.64. The van der Waals surface area contributed by atoms with Crippen LogP contribution in [0.15, 0.2) is 5.18 Å². The summed E-state index contributed by atoms with van der Waals surface area (Å²) in [6, 6.07) is 0. The smallest absolute Gasteiger partial charge is 0.208 e. The molecule has 1 rings (SSSR count). The van der Waals surface area contributed by atoms with Crippen LogP contribution < -0.4 is 4.72 Å². The minimum atomic E-state index is -3.13. The summed E-state index contributed by atoms with van der Waals surface area (Å²) in [5, 5.41) is 3.02. The van der Waals surface area contributed by atoms with Gasteiger partial charge in [0.1, 0.15) is 0 Å². The van der Waals surface area contributed by atoms with Crippen LogP contribution >= 0.6 is 0 Å². The van der Waals surface area contributed by atoms with E-state index in [1.807, 2.05) is 0 Å². The van der Waals surface area contributed by atoms with Crippen LogP contribution in [0.3, 0.4) is 0 Å². The summed E-state index contributed by atoms with van der Waals surface area (Å²) in [6.07, 6.45) is 7.29. The maximum Gasteiger partial charge on any atom is 0.208 e. The van der Waals surface area contributed by atoms with E-state index in [9.17, 15) is 13.3 Å². The second-order valence-electron chi connectivity index (χ2n) is 4.76.